The Bertz CT molecular complexity index is 1100. The first-order valence-corrected chi connectivity index (χ1v) is 8.00. The van der Waals surface area contributed by atoms with Gasteiger partial charge in [0.15, 0.2) is 0 Å². The Morgan fingerprint density at radius 1 is 1.19 bits per heavy atom. The molecule has 1 amide bonds. The van der Waals surface area contributed by atoms with Crippen LogP contribution < -0.4 is 17.0 Å². The highest BCUT2D eigenvalue weighted by Gasteiger charge is 2.23. The van der Waals surface area contributed by atoms with Crippen LogP contribution in [0.25, 0.3) is 33.7 Å². The van der Waals surface area contributed by atoms with Crippen molar-refractivity contribution in [3.05, 3.63) is 59.5 Å². The summed E-state index contributed by atoms with van der Waals surface area (Å²) < 4.78 is 11.1. The number of nitrogens with one attached hydrogen (secondary N) is 1. The van der Waals surface area contributed by atoms with Gasteiger partial charge in [-0.25, -0.2) is 10.8 Å². The number of halogens is 1. The number of carbonyl (C=O) groups is 1. The summed E-state index contributed by atoms with van der Waals surface area (Å²) in [6.07, 6.45) is 1.55. The smallest absolute Gasteiger partial charge is 0.303 e. The van der Waals surface area contributed by atoms with Crippen molar-refractivity contribution in [1.82, 2.24) is 10.4 Å². The van der Waals surface area contributed by atoms with Crippen molar-refractivity contribution in [1.29, 1.82) is 0 Å². The zero-order valence-corrected chi connectivity index (χ0v) is 14.1. The summed E-state index contributed by atoms with van der Waals surface area (Å²) in [4.78, 5) is 16.4. The molecule has 0 fully saturated rings. The van der Waals surface area contributed by atoms with Crippen LogP contribution in [0.15, 0.2) is 57.6 Å². The third kappa shape index (κ3) is 2.59. The number of aromatic nitrogens is 1. The van der Waals surface area contributed by atoms with Crippen LogP contribution in [0.1, 0.15) is 10.6 Å². The minimum absolute atomic E-state index is 0.101. The molecule has 0 saturated carbocycles. The van der Waals surface area contributed by atoms with Gasteiger partial charge in [0.1, 0.15) is 5.76 Å². The summed E-state index contributed by atoms with van der Waals surface area (Å²) in [6.45, 7) is 0. The van der Waals surface area contributed by atoms with Crippen molar-refractivity contribution in [3.63, 3.8) is 0 Å². The highest BCUT2D eigenvalue weighted by Crippen LogP contribution is 2.38. The number of furan rings is 2. The van der Waals surface area contributed by atoms with Crippen LogP contribution in [0.2, 0.25) is 5.02 Å². The van der Waals surface area contributed by atoms with Gasteiger partial charge in [-0.1, -0.05) is 23.7 Å². The molecule has 0 spiro atoms. The Kier molecular flexibility index (Phi) is 3.87. The number of pyridine rings is 1. The number of fused-ring (bicyclic) bond motifs is 1. The van der Waals surface area contributed by atoms with Gasteiger partial charge in [-0.05, 0) is 30.3 Å². The summed E-state index contributed by atoms with van der Waals surface area (Å²) >= 11 is 5.95. The van der Waals surface area contributed by atoms with Gasteiger partial charge in [0, 0.05) is 16.1 Å². The highest BCUT2D eigenvalue weighted by molar-refractivity contribution is 6.30. The van der Waals surface area contributed by atoms with E-state index >= 15 is 0 Å². The summed E-state index contributed by atoms with van der Waals surface area (Å²) in [6, 6.07) is 12.6. The summed E-state index contributed by atoms with van der Waals surface area (Å²) in [5.74, 6) is 5.02. The van der Waals surface area contributed by atoms with E-state index in [9.17, 15) is 4.79 Å². The minimum Gasteiger partial charge on any atom is -0.464 e. The molecule has 130 valence electrons. The molecule has 0 atom stereocenters. The first-order valence-electron chi connectivity index (χ1n) is 7.62. The maximum absolute atomic E-state index is 11.9. The van der Waals surface area contributed by atoms with E-state index in [1.165, 1.54) is 0 Å². The Hall–Kier alpha value is -3.29. The lowest BCUT2D eigenvalue weighted by Crippen LogP contribution is -2.30. The molecule has 0 aliphatic heterocycles. The Labute approximate surface area is 152 Å². The predicted molar refractivity (Wildman–Crippen MR) is 98.2 cm³/mol. The van der Waals surface area contributed by atoms with Crippen LogP contribution in [-0.2, 0) is 0 Å². The van der Waals surface area contributed by atoms with Crippen LogP contribution in [0.5, 0.6) is 0 Å². The van der Waals surface area contributed by atoms with Crippen molar-refractivity contribution in [2.45, 2.75) is 0 Å². The van der Waals surface area contributed by atoms with Crippen molar-refractivity contribution < 1.29 is 13.6 Å². The standard InChI is InChI=1S/C18H13ClN4O3/c19-10-5-3-9(4-6-10)12-8-11(13-2-1-7-25-13)14-15(20)16(17(24)23-21)26-18(14)22-12/h1-8H,20-21H2,(H,23,24). The predicted octanol–water partition coefficient (Wildman–Crippen LogP) is 3.59. The number of hydrogen-bond acceptors (Lipinski definition) is 6. The minimum atomic E-state index is -0.640. The lowest BCUT2D eigenvalue weighted by molar-refractivity contribution is 0.0929. The zero-order valence-electron chi connectivity index (χ0n) is 13.3. The largest absolute Gasteiger partial charge is 0.464 e. The molecule has 0 unspecified atom stereocenters. The van der Waals surface area contributed by atoms with Crippen LogP contribution >= 0.6 is 11.6 Å². The number of nitrogens with two attached hydrogens (primary N) is 2. The number of hydrogen-bond donors (Lipinski definition) is 3. The monoisotopic (exact) mass is 368 g/mol. The maximum atomic E-state index is 11.9. The second kappa shape index (κ2) is 6.21. The van der Waals surface area contributed by atoms with Gasteiger partial charge >= 0.3 is 5.91 Å². The normalized spacial score (nSPS) is 11.0. The quantitative estimate of drug-likeness (QED) is 0.288. The number of anilines is 1. The van der Waals surface area contributed by atoms with Gasteiger partial charge in [-0.2, -0.15) is 0 Å². The van der Waals surface area contributed by atoms with Crippen molar-refractivity contribution in [2.24, 2.45) is 5.84 Å². The number of nitrogens with zero attached hydrogens (tertiary/aromatic N) is 1. The molecule has 0 saturated heterocycles. The number of carbonyl (C=O) groups excluding carboxylic acids is 1. The molecule has 0 aliphatic carbocycles. The second-order valence-corrected chi connectivity index (χ2v) is 5.97. The SMILES string of the molecule is NNC(=O)c1oc2nc(-c3ccc(Cl)cc3)cc(-c3ccco3)c2c1N. The molecular formula is C18H13ClN4O3. The lowest BCUT2D eigenvalue weighted by atomic mass is 10.0. The molecule has 5 N–H and O–H groups in total. The molecule has 8 heteroatoms. The number of rotatable bonds is 3. The number of amides is 1. The Balaban J connectivity index is 2.02. The van der Waals surface area contributed by atoms with Crippen LogP contribution in [0.3, 0.4) is 0 Å². The lowest BCUT2D eigenvalue weighted by Gasteiger charge is -2.05. The van der Waals surface area contributed by atoms with Gasteiger partial charge in [0.05, 0.1) is 23.0 Å². The van der Waals surface area contributed by atoms with Gasteiger partial charge in [0.2, 0.25) is 11.5 Å². The molecule has 0 aliphatic rings. The van der Waals surface area contributed by atoms with E-state index in [0.29, 0.717) is 27.4 Å². The third-order valence-electron chi connectivity index (χ3n) is 3.96. The van der Waals surface area contributed by atoms with E-state index in [1.807, 2.05) is 23.6 Å². The van der Waals surface area contributed by atoms with Gasteiger partial charge in [-0.15, -0.1) is 0 Å². The van der Waals surface area contributed by atoms with Crippen molar-refractivity contribution >= 4 is 34.3 Å². The first-order chi connectivity index (χ1) is 12.6. The average molecular weight is 369 g/mol. The van der Waals surface area contributed by atoms with E-state index in [0.717, 1.165) is 5.56 Å². The van der Waals surface area contributed by atoms with E-state index < -0.39 is 5.91 Å². The molecule has 4 aromatic rings. The topological polar surface area (TPSA) is 120 Å². The third-order valence-corrected chi connectivity index (χ3v) is 4.21. The molecule has 7 nitrogen and oxygen atoms in total. The maximum Gasteiger partial charge on any atom is 0.303 e. The van der Waals surface area contributed by atoms with E-state index in [-0.39, 0.29) is 17.2 Å². The average Bonchev–Trinajstić information content (AvgIpc) is 3.29. The van der Waals surface area contributed by atoms with E-state index in [4.69, 9.17) is 32.0 Å². The fraction of sp³-hybridized carbons (Fsp3) is 0. The molecule has 26 heavy (non-hydrogen) atoms. The number of hydrazine groups is 1. The Morgan fingerprint density at radius 2 is 1.96 bits per heavy atom. The molecule has 1 aromatic carbocycles. The van der Waals surface area contributed by atoms with Gasteiger partial charge < -0.3 is 14.6 Å². The molecule has 3 heterocycles. The van der Waals surface area contributed by atoms with E-state index in [1.54, 1.807) is 30.5 Å². The second-order valence-electron chi connectivity index (χ2n) is 5.54. The molecule has 3 aromatic heterocycles. The molecule has 4 rings (SSSR count). The Morgan fingerprint density at radius 3 is 2.62 bits per heavy atom. The molecule has 0 bridgehead atoms. The van der Waals surface area contributed by atoms with Crippen LogP contribution in [0, 0.1) is 0 Å². The van der Waals surface area contributed by atoms with E-state index in [2.05, 4.69) is 4.98 Å². The molecular weight excluding hydrogens is 356 g/mol. The summed E-state index contributed by atoms with van der Waals surface area (Å²) in [7, 11) is 0. The summed E-state index contributed by atoms with van der Waals surface area (Å²) in [5, 5.41) is 1.10. The fourth-order valence-electron chi connectivity index (χ4n) is 2.75. The van der Waals surface area contributed by atoms with Crippen LogP contribution in [-0.4, -0.2) is 10.9 Å². The zero-order chi connectivity index (χ0) is 18.3. The summed E-state index contributed by atoms with van der Waals surface area (Å²) in [5.41, 5.74) is 10.6. The number of nitrogen functional groups attached to an aromatic ring is 2. The van der Waals surface area contributed by atoms with Gasteiger partial charge in [-0.3, -0.25) is 10.2 Å². The first kappa shape index (κ1) is 16.2. The fourth-order valence-corrected chi connectivity index (χ4v) is 2.88. The van der Waals surface area contributed by atoms with Gasteiger partial charge in [0.25, 0.3) is 0 Å². The van der Waals surface area contributed by atoms with Crippen molar-refractivity contribution in [2.75, 3.05) is 5.73 Å². The highest BCUT2D eigenvalue weighted by atomic mass is 35.5. The van der Waals surface area contributed by atoms with Crippen molar-refractivity contribution in [3.8, 4) is 22.6 Å². The molecule has 0 radical (unpaired) electrons. The van der Waals surface area contributed by atoms with Crippen LogP contribution in [0.4, 0.5) is 5.69 Å². The number of benzene rings is 1.